The van der Waals surface area contributed by atoms with E-state index in [4.69, 9.17) is 4.74 Å². The van der Waals surface area contributed by atoms with E-state index < -0.39 is 11.4 Å². The van der Waals surface area contributed by atoms with Gasteiger partial charge in [0.05, 0.1) is 12.5 Å². The number of ether oxygens (including phenoxy) is 1. The van der Waals surface area contributed by atoms with Gasteiger partial charge in [-0.1, -0.05) is 6.92 Å². The normalized spacial score (nSPS) is 22.6. The van der Waals surface area contributed by atoms with Gasteiger partial charge in [-0.05, 0) is 19.8 Å². The molecular formula is C13H19N3O3. The molecule has 0 saturated carbocycles. The first-order chi connectivity index (χ1) is 9.00. The van der Waals surface area contributed by atoms with Gasteiger partial charge in [-0.25, -0.2) is 4.98 Å². The highest BCUT2D eigenvalue weighted by molar-refractivity contribution is 5.76. The molecule has 1 unspecified atom stereocenters. The zero-order valence-corrected chi connectivity index (χ0v) is 11.5. The molecule has 2 rings (SSSR count). The number of methoxy groups -OCH3 is 1. The number of hydrogen-bond acceptors (Lipinski definition) is 5. The average Bonchev–Trinajstić information content (AvgIpc) is 2.83. The second-order valence-corrected chi connectivity index (χ2v) is 4.93. The van der Waals surface area contributed by atoms with Gasteiger partial charge in [0.1, 0.15) is 11.6 Å². The molecule has 1 atom stereocenters. The zero-order valence-electron chi connectivity index (χ0n) is 11.5. The van der Waals surface area contributed by atoms with Crippen molar-refractivity contribution in [3.63, 3.8) is 0 Å². The van der Waals surface area contributed by atoms with E-state index in [1.165, 1.54) is 0 Å². The van der Waals surface area contributed by atoms with Crippen molar-refractivity contribution in [1.29, 1.82) is 0 Å². The Morgan fingerprint density at radius 2 is 2.32 bits per heavy atom. The lowest BCUT2D eigenvalue weighted by Gasteiger charge is -2.23. The Morgan fingerprint density at radius 1 is 1.58 bits per heavy atom. The van der Waals surface area contributed by atoms with E-state index in [1.807, 2.05) is 11.8 Å². The van der Waals surface area contributed by atoms with E-state index in [1.54, 1.807) is 20.1 Å². The van der Waals surface area contributed by atoms with Crippen LogP contribution < -0.4 is 9.64 Å². The number of aliphatic carboxylic acids is 1. The number of aryl methyl sites for hydroxylation is 1. The standard InChI is InChI=1S/C13H19N3O3/c1-4-13(12(17)18)5-6-16(8-13)10-7-11(19-3)15-9(2)14-10/h7H,4-6,8H2,1-3H3,(H,17,18). The minimum Gasteiger partial charge on any atom is -0.481 e. The fourth-order valence-corrected chi connectivity index (χ4v) is 2.47. The summed E-state index contributed by atoms with van der Waals surface area (Å²) in [6.07, 6.45) is 1.27. The number of anilines is 1. The van der Waals surface area contributed by atoms with Gasteiger partial charge in [-0.15, -0.1) is 0 Å². The lowest BCUT2D eigenvalue weighted by molar-refractivity contribution is -0.147. The first kappa shape index (κ1) is 13.6. The van der Waals surface area contributed by atoms with Crippen LogP contribution in [0.2, 0.25) is 0 Å². The Hall–Kier alpha value is -1.85. The minimum absolute atomic E-state index is 0.485. The average molecular weight is 265 g/mol. The van der Waals surface area contributed by atoms with E-state index in [2.05, 4.69) is 9.97 Å². The van der Waals surface area contributed by atoms with Crippen LogP contribution >= 0.6 is 0 Å². The first-order valence-corrected chi connectivity index (χ1v) is 6.39. The predicted octanol–water partition coefficient (Wildman–Crippen LogP) is 1.48. The van der Waals surface area contributed by atoms with E-state index in [-0.39, 0.29) is 0 Å². The Kier molecular flexibility index (Phi) is 3.59. The van der Waals surface area contributed by atoms with Crippen LogP contribution in [0.1, 0.15) is 25.6 Å². The summed E-state index contributed by atoms with van der Waals surface area (Å²) in [4.78, 5) is 21.9. The highest BCUT2D eigenvalue weighted by Crippen LogP contribution is 2.36. The summed E-state index contributed by atoms with van der Waals surface area (Å²) >= 11 is 0. The highest BCUT2D eigenvalue weighted by Gasteiger charge is 2.43. The van der Waals surface area contributed by atoms with Crippen LogP contribution in [-0.4, -0.2) is 41.2 Å². The number of carboxylic acid groups (broad SMARTS) is 1. The van der Waals surface area contributed by atoms with Gasteiger partial charge in [0.25, 0.3) is 0 Å². The summed E-state index contributed by atoms with van der Waals surface area (Å²) in [5, 5.41) is 9.40. The smallest absolute Gasteiger partial charge is 0.311 e. The number of rotatable bonds is 4. The van der Waals surface area contributed by atoms with Gasteiger partial charge in [0, 0.05) is 19.2 Å². The summed E-state index contributed by atoms with van der Waals surface area (Å²) in [6, 6.07) is 1.75. The molecule has 0 radical (unpaired) electrons. The molecule has 6 nitrogen and oxygen atoms in total. The van der Waals surface area contributed by atoms with Crippen LogP contribution in [0.25, 0.3) is 0 Å². The van der Waals surface area contributed by atoms with Crippen molar-refractivity contribution in [2.75, 3.05) is 25.1 Å². The molecule has 0 spiro atoms. The fraction of sp³-hybridized carbons (Fsp3) is 0.615. The molecule has 6 heteroatoms. The molecule has 1 aliphatic heterocycles. The summed E-state index contributed by atoms with van der Waals surface area (Å²) < 4.78 is 5.13. The number of hydrogen-bond donors (Lipinski definition) is 1. The lowest BCUT2D eigenvalue weighted by atomic mass is 9.84. The van der Waals surface area contributed by atoms with Gasteiger partial charge in [0.15, 0.2) is 0 Å². The maximum absolute atomic E-state index is 11.4. The van der Waals surface area contributed by atoms with Gasteiger partial charge in [-0.3, -0.25) is 4.79 Å². The first-order valence-electron chi connectivity index (χ1n) is 6.39. The molecule has 1 aromatic rings. The second-order valence-electron chi connectivity index (χ2n) is 4.93. The molecule has 0 aromatic carbocycles. The molecule has 2 heterocycles. The maximum Gasteiger partial charge on any atom is 0.311 e. The number of nitrogens with zero attached hydrogens (tertiary/aromatic N) is 3. The molecule has 104 valence electrons. The van der Waals surface area contributed by atoms with Crippen LogP contribution in [0.5, 0.6) is 5.88 Å². The molecule has 1 saturated heterocycles. The van der Waals surface area contributed by atoms with Crippen LogP contribution in [0.15, 0.2) is 6.07 Å². The third kappa shape index (κ3) is 2.47. The third-order valence-electron chi connectivity index (χ3n) is 3.82. The molecule has 1 N–H and O–H groups in total. The highest BCUT2D eigenvalue weighted by atomic mass is 16.5. The van der Waals surface area contributed by atoms with Crippen molar-refractivity contribution in [3.8, 4) is 5.88 Å². The van der Waals surface area contributed by atoms with Crippen molar-refractivity contribution < 1.29 is 14.6 Å². The van der Waals surface area contributed by atoms with E-state index in [0.717, 1.165) is 5.82 Å². The Bertz CT molecular complexity index is 492. The van der Waals surface area contributed by atoms with Crippen LogP contribution in [0, 0.1) is 12.3 Å². The van der Waals surface area contributed by atoms with Crippen LogP contribution in [0.4, 0.5) is 5.82 Å². The lowest BCUT2D eigenvalue weighted by Crippen LogP contribution is -2.34. The van der Waals surface area contributed by atoms with E-state index in [9.17, 15) is 9.90 Å². The second kappa shape index (κ2) is 5.03. The largest absolute Gasteiger partial charge is 0.481 e. The molecule has 0 bridgehead atoms. The third-order valence-corrected chi connectivity index (χ3v) is 3.82. The van der Waals surface area contributed by atoms with Gasteiger partial charge in [-0.2, -0.15) is 4.98 Å². The summed E-state index contributed by atoms with van der Waals surface area (Å²) in [5.74, 6) is 1.14. The predicted molar refractivity (Wildman–Crippen MR) is 70.5 cm³/mol. The Labute approximate surface area is 112 Å². The SMILES string of the molecule is CCC1(C(=O)O)CCN(c2cc(OC)nc(C)n2)C1. The quantitative estimate of drug-likeness (QED) is 0.888. The van der Waals surface area contributed by atoms with Gasteiger partial charge >= 0.3 is 5.97 Å². The van der Waals surface area contributed by atoms with E-state index >= 15 is 0 Å². The van der Waals surface area contributed by atoms with Crippen LogP contribution in [-0.2, 0) is 4.79 Å². The molecule has 0 aliphatic carbocycles. The molecule has 1 fully saturated rings. The van der Waals surface area contributed by atoms with Crippen molar-refractivity contribution in [1.82, 2.24) is 9.97 Å². The van der Waals surface area contributed by atoms with Crippen molar-refractivity contribution in [2.45, 2.75) is 26.7 Å². The molecular weight excluding hydrogens is 246 g/mol. The minimum atomic E-state index is -0.727. The van der Waals surface area contributed by atoms with Gasteiger partial charge in [0.2, 0.25) is 5.88 Å². The van der Waals surface area contributed by atoms with Crippen molar-refractivity contribution in [2.24, 2.45) is 5.41 Å². The topological polar surface area (TPSA) is 75.5 Å². The maximum atomic E-state index is 11.4. The zero-order chi connectivity index (χ0) is 14.0. The summed E-state index contributed by atoms with van der Waals surface area (Å²) in [7, 11) is 1.56. The Balaban J connectivity index is 2.25. The van der Waals surface area contributed by atoms with Crippen LogP contribution in [0.3, 0.4) is 0 Å². The van der Waals surface area contributed by atoms with Crippen molar-refractivity contribution >= 4 is 11.8 Å². The summed E-state index contributed by atoms with van der Waals surface area (Å²) in [5.41, 5.74) is -0.661. The van der Waals surface area contributed by atoms with E-state index in [0.29, 0.717) is 37.6 Å². The monoisotopic (exact) mass is 265 g/mol. The molecule has 1 aliphatic rings. The van der Waals surface area contributed by atoms with Gasteiger partial charge < -0.3 is 14.7 Å². The fourth-order valence-electron chi connectivity index (χ4n) is 2.47. The molecule has 0 amide bonds. The summed E-state index contributed by atoms with van der Waals surface area (Å²) in [6.45, 7) is 4.90. The Morgan fingerprint density at radius 3 is 2.84 bits per heavy atom. The number of carbonyl (C=O) groups is 1. The molecule has 1 aromatic heterocycles. The number of carboxylic acids is 1. The number of aromatic nitrogens is 2. The molecule has 19 heavy (non-hydrogen) atoms. The van der Waals surface area contributed by atoms with Crippen molar-refractivity contribution in [3.05, 3.63) is 11.9 Å².